The average molecular weight is 872 g/mol. The molecule has 14 heteroatoms. The van der Waals surface area contributed by atoms with Crippen LogP contribution in [0.2, 0.25) is 0 Å². The highest BCUT2D eigenvalue weighted by atomic mass is 32.2. The van der Waals surface area contributed by atoms with Gasteiger partial charge in [0.25, 0.3) is 0 Å². The maximum Gasteiger partial charge on any atom is 0.485 e. The Morgan fingerprint density at radius 1 is 0.717 bits per heavy atom. The molecule has 2 aliphatic rings. The minimum Gasteiger partial charge on any atom is -0.741 e. The molecule has 0 saturated carbocycles. The zero-order valence-corrected chi connectivity index (χ0v) is 38.2. The summed E-state index contributed by atoms with van der Waals surface area (Å²) in [4.78, 5) is 5.06. The molecule has 1 aromatic heterocycles. The van der Waals surface area contributed by atoms with Crippen LogP contribution >= 0.6 is 7.75 Å². The summed E-state index contributed by atoms with van der Waals surface area (Å²) in [7, 11) is -7.57. The fourth-order valence-electron chi connectivity index (χ4n) is 7.78. The van der Waals surface area contributed by atoms with E-state index in [2.05, 4.69) is 196 Å². The monoisotopic (exact) mass is 871 g/mol. The Morgan fingerprint density at radius 2 is 1.12 bits per heavy atom. The number of alkyl halides is 3. The zero-order valence-electron chi connectivity index (χ0n) is 35.5. The van der Waals surface area contributed by atoms with Crippen molar-refractivity contribution in [1.82, 2.24) is 9.47 Å². The van der Waals surface area contributed by atoms with Crippen LogP contribution in [0.5, 0.6) is 0 Å². The van der Waals surface area contributed by atoms with Crippen LogP contribution in [0.25, 0.3) is 5.69 Å². The van der Waals surface area contributed by atoms with Crippen molar-refractivity contribution in [3.63, 3.8) is 0 Å². The number of rotatable bonds is 8. The highest BCUT2D eigenvalue weighted by molar-refractivity contribution is 7.89. The molecule has 0 N–H and O–H groups in total. The second-order valence-electron chi connectivity index (χ2n) is 15.9. The van der Waals surface area contributed by atoms with Crippen molar-refractivity contribution < 1.29 is 30.7 Å². The third-order valence-corrected chi connectivity index (χ3v) is 19.3. The lowest BCUT2D eigenvalue weighted by Gasteiger charge is -2.31. The molecular formula is C46H53F3N5O3PSSi. The van der Waals surface area contributed by atoms with Crippen LogP contribution in [0.1, 0.15) is 108 Å². The van der Waals surface area contributed by atoms with Gasteiger partial charge in [0.2, 0.25) is 5.45 Å². The Bertz CT molecular complexity index is 2410. The van der Waals surface area contributed by atoms with Gasteiger partial charge in [-0.25, -0.2) is 17.6 Å². The summed E-state index contributed by atoms with van der Waals surface area (Å²) < 4.78 is 64.1. The van der Waals surface area contributed by atoms with E-state index >= 15 is 0 Å². The number of hydrogen-bond acceptors (Lipinski definition) is 6. The summed E-state index contributed by atoms with van der Waals surface area (Å²) in [5.41, 5.74) is 5.42. The third kappa shape index (κ3) is 9.17. The van der Waals surface area contributed by atoms with Crippen LogP contribution in [-0.4, -0.2) is 41.2 Å². The lowest BCUT2D eigenvalue weighted by Crippen LogP contribution is -2.73. The summed E-state index contributed by atoms with van der Waals surface area (Å²) in [5.74, 6) is 1.59. The first-order chi connectivity index (χ1) is 28.3. The molecule has 4 aromatic carbocycles. The van der Waals surface area contributed by atoms with Crippen molar-refractivity contribution in [2.24, 2.45) is 0 Å². The molecule has 7 rings (SSSR count). The molecule has 0 fully saturated rings. The van der Waals surface area contributed by atoms with Crippen molar-refractivity contribution in [3.8, 4) is 11.8 Å². The summed E-state index contributed by atoms with van der Waals surface area (Å²) in [6, 6.07) is 38.5. The second-order valence-corrected chi connectivity index (χ2v) is 23.6. The number of para-hydroxylation sites is 2. The lowest BCUT2D eigenvalue weighted by molar-refractivity contribution is -0.692. The number of imidazole rings is 1. The van der Waals surface area contributed by atoms with Crippen LogP contribution < -0.4 is 25.3 Å². The Kier molecular flexibility index (Phi) is 14.4. The fraction of sp³-hybridized carbons (Fsp3) is 0.326. The smallest absolute Gasteiger partial charge is 0.485 e. The average Bonchev–Trinajstić information content (AvgIpc) is 3.76. The number of aromatic nitrogens is 2. The molecule has 8 nitrogen and oxygen atoms in total. The molecule has 0 spiro atoms. The van der Waals surface area contributed by atoms with Crippen LogP contribution in [-0.2, 0) is 16.8 Å². The van der Waals surface area contributed by atoms with Crippen molar-refractivity contribution in [2.45, 2.75) is 98.2 Å². The summed E-state index contributed by atoms with van der Waals surface area (Å²) in [6.07, 6.45) is 9.36. The third-order valence-electron chi connectivity index (χ3n) is 10.5. The molecule has 0 amide bonds. The van der Waals surface area contributed by atoms with Gasteiger partial charge in [-0.3, -0.25) is 9.80 Å². The maximum absolute atomic E-state index is 10.7. The van der Waals surface area contributed by atoms with Gasteiger partial charge in [-0.05, 0) is 45.2 Å². The van der Waals surface area contributed by atoms with Gasteiger partial charge >= 0.3 is 13.2 Å². The highest BCUT2D eigenvalue weighted by Crippen LogP contribution is 2.40. The van der Waals surface area contributed by atoms with Crippen LogP contribution in [0, 0.1) is 11.3 Å². The predicted octanol–water partition coefficient (Wildman–Crippen LogP) is 9.10. The van der Waals surface area contributed by atoms with Gasteiger partial charge in [0, 0.05) is 30.5 Å². The Labute approximate surface area is 355 Å². The first-order valence-electron chi connectivity index (χ1n) is 19.9. The minimum absolute atomic E-state index is 0.391. The summed E-state index contributed by atoms with van der Waals surface area (Å²) in [5, 5.41) is 10.2. The van der Waals surface area contributed by atoms with Gasteiger partial charge in [-0.15, -0.1) is 0 Å². The van der Waals surface area contributed by atoms with Gasteiger partial charge in [0.05, 0.1) is 11.8 Å². The number of nitriles is 1. The number of benzene rings is 4. The van der Waals surface area contributed by atoms with E-state index in [-0.39, 0.29) is 0 Å². The van der Waals surface area contributed by atoms with Gasteiger partial charge in [0.1, 0.15) is 23.6 Å². The first-order valence-corrected chi connectivity index (χ1v) is 25.1. The van der Waals surface area contributed by atoms with Crippen molar-refractivity contribution >= 4 is 52.7 Å². The normalized spacial score (nSPS) is 14.8. The van der Waals surface area contributed by atoms with E-state index < -0.39 is 23.4 Å². The Hall–Kier alpha value is -4.99. The van der Waals surface area contributed by atoms with Gasteiger partial charge < -0.3 is 4.55 Å². The molecule has 60 heavy (non-hydrogen) atoms. The standard InChI is InChI=1S/C43H50N4PSi.C2H3N.CHF3O3S/c1-30(2)36-21-15-22-37(31(3)4)40(36)46-27-25-44-29-45-26-28-47(41-38(32(5)6)23-16-24-39(41)33(7)8)43(45)49(48-42(44)46,34-17-11-9-12-18-34)35-19-13-10-14-20-35;1-2-3;2-1(3,4)8(5,6)7/h9-28,30-33H,29H2,1-8H3;1H3;(H,5,6,7)/q+1;;/p-1. The van der Waals surface area contributed by atoms with Crippen molar-refractivity contribution in [2.75, 3.05) is 4.90 Å². The second kappa shape index (κ2) is 18.7. The predicted molar refractivity (Wildman–Crippen MR) is 239 cm³/mol. The molecule has 0 bridgehead atoms. The Morgan fingerprint density at radius 3 is 1.50 bits per heavy atom. The van der Waals surface area contributed by atoms with Crippen molar-refractivity contribution in [1.29, 1.82) is 5.26 Å². The largest absolute Gasteiger partial charge is 0.741 e. The molecular weight excluding hydrogens is 819 g/mol. The number of nitrogens with zero attached hydrogens (tertiary/aromatic N) is 5. The van der Waals surface area contributed by atoms with E-state index in [4.69, 9.17) is 18.2 Å². The minimum atomic E-state index is -6.09. The topological polar surface area (TPSA) is 96.3 Å². The number of fused-ring (bicyclic) bond motifs is 2. The van der Waals surface area contributed by atoms with E-state index in [0.717, 1.165) is 6.67 Å². The zero-order chi connectivity index (χ0) is 44.2. The summed E-state index contributed by atoms with van der Waals surface area (Å²) >= 11 is 0. The summed E-state index contributed by atoms with van der Waals surface area (Å²) in [6.45, 7) is 20.8. The van der Waals surface area contributed by atoms with Gasteiger partial charge in [-0.1, -0.05) is 160 Å². The molecule has 0 unspecified atom stereocenters. The molecule has 0 aliphatic carbocycles. The quantitative estimate of drug-likeness (QED) is 0.0508. The van der Waals surface area contributed by atoms with Crippen LogP contribution in [0.3, 0.4) is 0 Å². The number of anilines is 1. The SMILES string of the molecule is CC#N.CC(C)c1cccc(C(C)C)c1N1C=CN2C[n+]3ccn(-c4c(C(C)C)cccc4C(C)C)c3[Si](c3ccccc3)(c3ccccc3)P=C21.O=S(=O)([O-])C(F)(F)F. The molecule has 2 aliphatic heterocycles. The van der Waals surface area contributed by atoms with E-state index in [1.807, 2.05) is 0 Å². The number of halogens is 3. The van der Waals surface area contributed by atoms with Crippen molar-refractivity contribution in [3.05, 3.63) is 144 Å². The van der Waals surface area contributed by atoms with Gasteiger partial charge in [0.15, 0.2) is 16.8 Å². The van der Waals surface area contributed by atoms with E-state index in [1.54, 1.807) is 6.07 Å². The number of hydrogen-bond donors (Lipinski definition) is 0. The van der Waals surface area contributed by atoms with E-state index in [1.165, 1.54) is 69.7 Å². The molecule has 0 radical (unpaired) electrons. The fourth-order valence-corrected chi connectivity index (χ4v) is 16.6. The molecule has 316 valence electrons. The molecule has 3 heterocycles. The van der Waals surface area contributed by atoms with Gasteiger partial charge in [-0.2, -0.15) is 18.4 Å². The lowest BCUT2D eigenvalue weighted by atomic mass is 9.92. The molecule has 5 aromatic rings. The molecule has 0 saturated heterocycles. The van der Waals surface area contributed by atoms with Crippen LogP contribution in [0.15, 0.2) is 122 Å². The molecule has 0 atom stereocenters. The van der Waals surface area contributed by atoms with E-state index in [0.29, 0.717) is 23.7 Å². The highest BCUT2D eigenvalue weighted by Gasteiger charge is 2.53. The Balaban J connectivity index is 0.000000551. The first kappa shape index (κ1) is 46.1. The van der Waals surface area contributed by atoms with E-state index in [9.17, 15) is 13.2 Å². The van der Waals surface area contributed by atoms with Crippen LogP contribution in [0.4, 0.5) is 18.9 Å². The maximum atomic E-state index is 10.7.